The van der Waals surface area contributed by atoms with Gasteiger partial charge in [0.2, 0.25) is 0 Å². The molecular formula is C10H15ClN2OS. The molecule has 1 aliphatic rings. The van der Waals surface area contributed by atoms with Crippen LogP contribution in [-0.2, 0) is 0 Å². The van der Waals surface area contributed by atoms with Crippen LogP contribution >= 0.6 is 23.7 Å². The number of aryl methyl sites for hydroxylation is 1. The molecule has 0 radical (unpaired) electrons. The molecule has 5 heteroatoms. The first kappa shape index (κ1) is 12.5. The van der Waals surface area contributed by atoms with Gasteiger partial charge in [-0.05, 0) is 23.9 Å². The molecule has 15 heavy (non-hydrogen) atoms. The minimum atomic E-state index is 0. The molecule has 0 aromatic carbocycles. The van der Waals surface area contributed by atoms with Gasteiger partial charge in [-0.25, -0.2) is 0 Å². The number of carbonyl (C=O) groups excluding carboxylic acids is 1. The van der Waals surface area contributed by atoms with E-state index < -0.39 is 0 Å². The zero-order chi connectivity index (χ0) is 9.97. The molecule has 2 rings (SSSR count). The van der Waals surface area contributed by atoms with E-state index in [0.717, 1.165) is 36.6 Å². The van der Waals surface area contributed by atoms with Crippen LogP contribution in [0.5, 0.6) is 0 Å². The molecule has 0 bridgehead atoms. The lowest BCUT2D eigenvalue weighted by Gasteiger charge is -2.27. The second-order valence-electron chi connectivity index (χ2n) is 3.47. The Morgan fingerprint density at radius 3 is 2.67 bits per heavy atom. The van der Waals surface area contributed by atoms with Gasteiger partial charge in [0, 0.05) is 26.2 Å². The average Bonchev–Trinajstić information content (AvgIpc) is 2.65. The summed E-state index contributed by atoms with van der Waals surface area (Å²) in [5.74, 6) is 0.194. The van der Waals surface area contributed by atoms with Crippen LogP contribution in [0.25, 0.3) is 0 Å². The fourth-order valence-electron chi connectivity index (χ4n) is 1.60. The molecule has 3 nitrogen and oxygen atoms in total. The second-order valence-corrected chi connectivity index (χ2v) is 4.39. The zero-order valence-electron chi connectivity index (χ0n) is 8.66. The molecule has 0 saturated carbocycles. The first-order valence-electron chi connectivity index (χ1n) is 4.83. The largest absolute Gasteiger partial charge is 0.335 e. The van der Waals surface area contributed by atoms with E-state index in [9.17, 15) is 4.79 Å². The van der Waals surface area contributed by atoms with Crippen LogP contribution in [0.3, 0.4) is 0 Å². The lowest BCUT2D eigenvalue weighted by Crippen LogP contribution is -2.46. The quantitative estimate of drug-likeness (QED) is 0.815. The SMILES string of the molecule is Cc1ccsc1C(=O)N1CCNCC1.Cl. The second kappa shape index (κ2) is 5.49. The topological polar surface area (TPSA) is 32.3 Å². The highest BCUT2D eigenvalue weighted by atomic mass is 35.5. The summed E-state index contributed by atoms with van der Waals surface area (Å²) >= 11 is 1.54. The molecule has 1 amide bonds. The number of piperazine rings is 1. The van der Waals surface area contributed by atoms with E-state index in [4.69, 9.17) is 0 Å². The Balaban J connectivity index is 0.00000112. The molecule has 1 aromatic rings. The minimum absolute atomic E-state index is 0. The van der Waals surface area contributed by atoms with Crippen LogP contribution < -0.4 is 5.32 Å². The molecule has 2 heterocycles. The van der Waals surface area contributed by atoms with Crippen LogP contribution in [0.1, 0.15) is 15.2 Å². The fourth-order valence-corrected chi connectivity index (χ4v) is 2.50. The monoisotopic (exact) mass is 246 g/mol. The van der Waals surface area contributed by atoms with Crippen molar-refractivity contribution in [3.8, 4) is 0 Å². The van der Waals surface area contributed by atoms with Gasteiger partial charge < -0.3 is 10.2 Å². The molecule has 1 saturated heterocycles. The van der Waals surface area contributed by atoms with Gasteiger partial charge in [-0.3, -0.25) is 4.79 Å². The number of hydrogen-bond donors (Lipinski definition) is 1. The Morgan fingerprint density at radius 1 is 1.47 bits per heavy atom. The maximum absolute atomic E-state index is 12.0. The Bertz CT molecular complexity index is 334. The van der Waals surface area contributed by atoms with Crippen LogP contribution in [0.4, 0.5) is 0 Å². The predicted molar refractivity (Wildman–Crippen MR) is 65.1 cm³/mol. The number of carbonyl (C=O) groups is 1. The van der Waals surface area contributed by atoms with Gasteiger partial charge in [0.15, 0.2) is 0 Å². The molecule has 0 atom stereocenters. The summed E-state index contributed by atoms with van der Waals surface area (Å²) in [5.41, 5.74) is 1.10. The number of nitrogens with one attached hydrogen (secondary N) is 1. The number of rotatable bonds is 1. The van der Waals surface area contributed by atoms with Crippen LogP contribution in [-0.4, -0.2) is 37.0 Å². The third kappa shape index (κ3) is 2.71. The fraction of sp³-hybridized carbons (Fsp3) is 0.500. The molecule has 0 spiro atoms. The van der Waals surface area contributed by atoms with Crippen LogP contribution in [0.2, 0.25) is 0 Å². The highest BCUT2D eigenvalue weighted by Crippen LogP contribution is 2.17. The smallest absolute Gasteiger partial charge is 0.264 e. The Morgan fingerprint density at radius 2 is 2.13 bits per heavy atom. The van der Waals surface area contributed by atoms with E-state index in [-0.39, 0.29) is 18.3 Å². The van der Waals surface area contributed by atoms with Gasteiger partial charge in [-0.2, -0.15) is 0 Å². The molecule has 1 N–H and O–H groups in total. The molecule has 1 fully saturated rings. The number of thiophene rings is 1. The van der Waals surface area contributed by atoms with E-state index in [1.54, 1.807) is 0 Å². The summed E-state index contributed by atoms with van der Waals surface area (Å²) < 4.78 is 0. The summed E-state index contributed by atoms with van der Waals surface area (Å²) in [6, 6.07) is 2.00. The average molecular weight is 247 g/mol. The van der Waals surface area contributed by atoms with Crippen molar-refractivity contribution in [3.63, 3.8) is 0 Å². The molecular weight excluding hydrogens is 232 g/mol. The number of amides is 1. The first-order valence-corrected chi connectivity index (χ1v) is 5.71. The van der Waals surface area contributed by atoms with Crippen LogP contribution in [0, 0.1) is 6.92 Å². The summed E-state index contributed by atoms with van der Waals surface area (Å²) in [5, 5.41) is 5.22. The summed E-state index contributed by atoms with van der Waals surface area (Å²) in [6.07, 6.45) is 0. The van der Waals surface area contributed by atoms with Gasteiger partial charge in [0.25, 0.3) is 5.91 Å². The van der Waals surface area contributed by atoms with Crippen molar-refractivity contribution >= 4 is 29.7 Å². The number of nitrogens with zero attached hydrogens (tertiary/aromatic N) is 1. The van der Waals surface area contributed by atoms with E-state index in [0.29, 0.717) is 0 Å². The highest BCUT2D eigenvalue weighted by Gasteiger charge is 2.19. The lowest BCUT2D eigenvalue weighted by atomic mass is 10.2. The maximum atomic E-state index is 12.0. The Labute approximate surface area is 99.9 Å². The Kier molecular flexibility index (Phi) is 4.57. The van der Waals surface area contributed by atoms with Gasteiger partial charge in [0.1, 0.15) is 0 Å². The highest BCUT2D eigenvalue weighted by molar-refractivity contribution is 7.12. The minimum Gasteiger partial charge on any atom is -0.335 e. The number of halogens is 1. The summed E-state index contributed by atoms with van der Waals surface area (Å²) in [7, 11) is 0. The first-order chi connectivity index (χ1) is 6.79. The number of hydrogen-bond acceptors (Lipinski definition) is 3. The van der Waals surface area contributed by atoms with Gasteiger partial charge in [0.05, 0.1) is 4.88 Å². The molecule has 0 unspecified atom stereocenters. The van der Waals surface area contributed by atoms with Crippen LogP contribution in [0.15, 0.2) is 11.4 Å². The van der Waals surface area contributed by atoms with Gasteiger partial charge in [-0.1, -0.05) is 0 Å². The summed E-state index contributed by atoms with van der Waals surface area (Å²) in [6.45, 7) is 5.48. The third-order valence-electron chi connectivity index (χ3n) is 2.46. The van der Waals surface area contributed by atoms with Gasteiger partial charge >= 0.3 is 0 Å². The third-order valence-corrected chi connectivity index (χ3v) is 3.47. The van der Waals surface area contributed by atoms with Crippen molar-refractivity contribution in [1.29, 1.82) is 0 Å². The van der Waals surface area contributed by atoms with E-state index in [2.05, 4.69) is 5.32 Å². The Hall–Kier alpha value is -0.580. The lowest BCUT2D eigenvalue weighted by molar-refractivity contribution is 0.0740. The van der Waals surface area contributed by atoms with Crippen molar-refractivity contribution in [2.45, 2.75) is 6.92 Å². The molecule has 1 aliphatic heterocycles. The van der Waals surface area contributed by atoms with Crippen molar-refractivity contribution in [2.75, 3.05) is 26.2 Å². The molecule has 0 aliphatic carbocycles. The molecule has 1 aromatic heterocycles. The van der Waals surface area contributed by atoms with Crippen molar-refractivity contribution in [2.24, 2.45) is 0 Å². The van der Waals surface area contributed by atoms with E-state index >= 15 is 0 Å². The van der Waals surface area contributed by atoms with Crippen molar-refractivity contribution in [3.05, 3.63) is 21.9 Å². The zero-order valence-corrected chi connectivity index (χ0v) is 10.3. The normalized spacial score (nSPS) is 15.9. The van der Waals surface area contributed by atoms with Crippen molar-refractivity contribution < 1.29 is 4.79 Å². The van der Waals surface area contributed by atoms with Crippen molar-refractivity contribution in [1.82, 2.24) is 10.2 Å². The van der Waals surface area contributed by atoms with Gasteiger partial charge in [-0.15, -0.1) is 23.7 Å². The standard InChI is InChI=1S/C10H14N2OS.ClH/c1-8-2-7-14-9(8)10(13)12-5-3-11-4-6-12;/h2,7,11H,3-6H2,1H3;1H. The van der Waals surface area contributed by atoms with E-state index in [1.165, 1.54) is 11.3 Å². The molecule has 84 valence electrons. The predicted octanol–water partition coefficient (Wildman–Crippen LogP) is 1.52. The van der Waals surface area contributed by atoms with E-state index in [1.807, 2.05) is 23.3 Å². The summed E-state index contributed by atoms with van der Waals surface area (Å²) in [4.78, 5) is 14.8. The maximum Gasteiger partial charge on any atom is 0.264 e.